The van der Waals surface area contributed by atoms with Crippen molar-refractivity contribution in [1.29, 1.82) is 5.26 Å². The molecule has 0 radical (unpaired) electrons. The summed E-state index contributed by atoms with van der Waals surface area (Å²) >= 11 is 0. The second kappa shape index (κ2) is 5.61. The molecule has 0 spiro atoms. The van der Waals surface area contributed by atoms with Crippen LogP contribution < -0.4 is 0 Å². The molecule has 0 N–H and O–H groups in total. The number of hydrogen-bond acceptors (Lipinski definition) is 4. The number of amides is 1. The maximum absolute atomic E-state index is 11.8. The molecule has 1 amide bonds. The van der Waals surface area contributed by atoms with Gasteiger partial charge in [0, 0.05) is 24.4 Å². The van der Waals surface area contributed by atoms with Crippen LogP contribution >= 0.6 is 0 Å². The van der Waals surface area contributed by atoms with Crippen molar-refractivity contribution in [1.82, 2.24) is 4.90 Å². The number of nitrogens with zero attached hydrogens (tertiary/aromatic N) is 5. The summed E-state index contributed by atoms with van der Waals surface area (Å²) in [4.78, 5) is 16.1. The summed E-state index contributed by atoms with van der Waals surface area (Å²) in [6.07, 6.45) is -0.163. The smallest absolute Gasteiger partial charge is 0.410 e. The van der Waals surface area contributed by atoms with E-state index in [0.717, 1.165) is 0 Å². The number of nitriles is 1. The van der Waals surface area contributed by atoms with E-state index in [9.17, 15) is 4.79 Å². The van der Waals surface area contributed by atoms with Gasteiger partial charge in [-0.25, -0.2) is 4.79 Å². The molecular weight excluding hydrogens is 234 g/mol. The van der Waals surface area contributed by atoms with Crippen molar-refractivity contribution in [3.8, 4) is 6.07 Å². The molecule has 1 aliphatic heterocycles. The molecule has 0 aliphatic carbocycles. The number of hydrogen-bond donors (Lipinski definition) is 0. The fourth-order valence-electron chi connectivity index (χ4n) is 1.84. The van der Waals surface area contributed by atoms with Crippen LogP contribution in [0.25, 0.3) is 10.4 Å². The van der Waals surface area contributed by atoms with Crippen LogP contribution in [-0.4, -0.2) is 35.7 Å². The Morgan fingerprint density at radius 1 is 1.61 bits per heavy atom. The van der Waals surface area contributed by atoms with Gasteiger partial charge in [0.05, 0.1) is 12.1 Å². The first-order valence-electron chi connectivity index (χ1n) is 5.76. The zero-order valence-corrected chi connectivity index (χ0v) is 10.8. The van der Waals surface area contributed by atoms with Crippen molar-refractivity contribution in [2.75, 3.05) is 13.1 Å². The Morgan fingerprint density at radius 3 is 2.78 bits per heavy atom. The Hall–Kier alpha value is -1.93. The Morgan fingerprint density at radius 2 is 2.28 bits per heavy atom. The minimum absolute atomic E-state index is 0.113. The van der Waals surface area contributed by atoms with Crippen molar-refractivity contribution in [2.45, 2.75) is 38.8 Å². The topological polar surface area (TPSA) is 102 Å². The zero-order valence-electron chi connectivity index (χ0n) is 10.8. The Balaban J connectivity index is 2.69. The minimum Gasteiger partial charge on any atom is -0.444 e. The third kappa shape index (κ3) is 3.82. The third-order valence-corrected chi connectivity index (χ3v) is 2.61. The van der Waals surface area contributed by atoms with Crippen LogP contribution in [0, 0.1) is 17.2 Å². The number of carbonyl (C=O) groups excluding carboxylic acids is 1. The first-order chi connectivity index (χ1) is 8.37. The summed E-state index contributed by atoms with van der Waals surface area (Å²) in [5, 5.41) is 12.3. The normalized spacial score (nSPS) is 23.1. The van der Waals surface area contributed by atoms with Crippen LogP contribution in [0.5, 0.6) is 0 Å². The highest BCUT2D eigenvalue weighted by atomic mass is 16.6. The van der Waals surface area contributed by atoms with Gasteiger partial charge in [-0.3, -0.25) is 0 Å². The molecule has 1 aliphatic rings. The predicted molar refractivity (Wildman–Crippen MR) is 64.5 cm³/mol. The number of rotatable bonds is 2. The van der Waals surface area contributed by atoms with Gasteiger partial charge in [-0.1, -0.05) is 5.11 Å². The van der Waals surface area contributed by atoms with Gasteiger partial charge >= 0.3 is 6.09 Å². The van der Waals surface area contributed by atoms with Gasteiger partial charge in [0.25, 0.3) is 0 Å². The quantitative estimate of drug-likeness (QED) is 0.427. The van der Waals surface area contributed by atoms with Crippen LogP contribution in [0.15, 0.2) is 5.11 Å². The lowest BCUT2D eigenvalue weighted by Crippen LogP contribution is -2.35. The predicted octanol–water partition coefficient (Wildman–Crippen LogP) is 2.45. The molecule has 0 bridgehead atoms. The number of carbonyl (C=O) groups is 1. The average Bonchev–Trinajstić information content (AvgIpc) is 2.61. The molecule has 1 heterocycles. The molecular formula is C11H17N5O2. The lowest BCUT2D eigenvalue weighted by atomic mass is 10.0. The van der Waals surface area contributed by atoms with E-state index in [0.29, 0.717) is 13.1 Å². The molecule has 0 aromatic carbocycles. The summed E-state index contributed by atoms with van der Waals surface area (Å²) in [6.45, 7) is 6.08. The van der Waals surface area contributed by atoms with Gasteiger partial charge in [-0.05, 0) is 32.2 Å². The highest BCUT2D eigenvalue weighted by Gasteiger charge is 2.36. The molecule has 1 rings (SSSR count). The molecule has 0 aromatic heterocycles. The number of ether oxygens (including phenoxy) is 1. The summed E-state index contributed by atoms with van der Waals surface area (Å²) in [6, 6.07) is 1.70. The van der Waals surface area contributed by atoms with Crippen molar-refractivity contribution < 1.29 is 9.53 Å². The average molecular weight is 251 g/mol. The molecule has 0 aromatic rings. The molecule has 2 atom stereocenters. The molecule has 0 unspecified atom stereocenters. The van der Waals surface area contributed by atoms with Gasteiger partial charge in [-0.2, -0.15) is 5.26 Å². The van der Waals surface area contributed by atoms with Crippen LogP contribution in [0.3, 0.4) is 0 Å². The highest BCUT2D eigenvalue weighted by molar-refractivity contribution is 5.68. The fourth-order valence-corrected chi connectivity index (χ4v) is 1.84. The molecule has 98 valence electrons. The van der Waals surface area contributed by atoms with Crippen LogP contribution in [0.2, 0.25) is 0 Å². The Labute approximate surface area is 106 Å². The standard InChI is InChI=1S/C11H17N5O2/c1-11(2,3)18-10(17)16-6-8(4-5-12)9(7-16)14-15-13/h8-9H,4,6-7H2,1-3H3/t8-,9+/m1/s1. The molecule has 18 heavy (non-hydrogen) atoms. The van der Waals surface area contributed by atoms with Crippen LogP contribution in [0.4, 0.5) is 4.79 Å². The van der Waals surface area contributed by atoms with E-state index in [-0.39, 0.29) is 18.4 Å². The number of azide groups is 1. The van der Waals surface area contributed by atoms with Crippen molar-refractivity contribution in [3.63, 3.8) is 0 Å². The lowest BCUT2D eigenvalue weighted by Gasteiger charge is -2.24. The second-order valence-electron chi connectivity index (χ2n) is 5.28. The van der Waals surface area contributed by atoms with Gasteiger partial charge in [0.1, 0.15) is 5.60 Å². The Bertz CT molecular complexity index is 403. The molecule has 0 saturated carbocycles. The largest absolute Gasteiger partial charge is 0.444 e. The van der Waals surface area contributed by atoms with Gasteiger partial charge in [0.15, 0.2) is 0 Å². The van der Waals surface area contributed by atoms with E-state index in [1.54, 1.807) is 20.8 Å². The Kier molecular flexibility index (Phi) is 4.40. The van der Waals surface area contributed by atoms with E-state index in [2.05, 4.69) is 10.0 Å². The van der Waals surface area contributed by atoms with E-state index in [1.807, 2.05) is 6.07 Å². The molecule has 1 fully saturated rings. The van der Waals surface area contributed by atoms with Crippen molar-refractivity contribution >= 4 is 6.09 Å². The summed E-state index contributed by atoms with van der Waals surface area (Å²) in [5.74, 6) is -0.113. The summed E-state index contributed by atoms with van der Waals surface area (Å²) in [5.41, 5.74) is 7.91. The van der Waals surface area contributed by atoms with Gasteiger partial charge < -0.3 is 9.64 Å². The molecule has 1 saturated heterocycles. The third-order valence-electron chi connectivity index (χ3n) is 2.61. The van der Waals surface area contributed by atoms with E-state index >= 15 is 0 Å². The highest BCUT2D eigenvalue weighted by Crippen LogP contribution is 2.24. The zero-order chi connectivity index (χ0) is 13.8. The summed E-state index contributed by atoms with van der Waals surface area (Å²) in [7, 11) is 0. The SMILES string of the molecule is CC(C)(C)OC(=O)N1C[C@@H](CC#N)[C@@H](N=[N+]=[N-])C1. The van der Waals surface area contributed by atoms with E-state index in [1.165, 1.54) is 4.90 Å². The van der Waals surface area contributed by atoms with Gasteiger partial charge in [0.2, 0.25) is 0 Å². The molecule has 7 nitrogen and oxygen atoms in total. The lowest BCUT2D eigenvalue weighted by molar-refractivity contribution is 0.0287. The van der Waals surface area contributed by atoms with Crippen molar-refractivity contribution in [2.24, 2.45) is 11.0 Å². The first kappa shape index (κ1) is 14.1. The maximum Gasteiger partial charge on any atom is 0.410 e. The van der Waals surface area contributed by atoms with E-state index < -0.39 is 11.7 Å². The van der Waals surface area contributed by atoms with Crippen LogP contribution in [0.1, 0.15) is 27.2 Å². The summed E-state index contributed by atoms with van der Waals surface area (Å²) < 4.78 is 5.24. The second-order valence-corrected chi connectivity index (χ2v) is 5.28. The monoisotopic (exact) mass is 251 g/mol. The van der Waals surface area contributed by atoms with E-state index in [4.69, 9.17) is 15.5 Å². The maximum atomic E-state index is 11.8. The minimum atomic E-state index is -0.557. The molecule has 7 heteroatoms. The first-order valence-corrected chi connectivity index (χ1v) is 5.76. The van der Waals surface area contributed by atoms with Gasteiger partial charge in [-0.15, -0.1) is 0 Å². The number of likely N-dealkylation sites (tertiary alicyclic amines) is 1. The fraction of sp³-hybridized carbons (Fsp3) is 0.818. The van der Waals surface area contributed by atoms with Crippen molar-refractivity contribution in [3.05, 3.63) is 10.4 Å². The van der Waals surface area contributed by atoms with Crippen LogP contribution in [-0.2, 0) is 4.74 Å².